The number of phenolic OH excluding ortho intramolecular Hbond substituents is 1. The molecule has 0 saturated heterocycles. The Kier molecular flexibility index (Phi) is 4.48. The van der Waals surface area contributed by atoms with Crippen molar-refractivity contribution in [2.24, 2.45) is 0 Å². The van der Waals surface area contributed by atoms with E-state index in [1.807, 2.05) is 19.9 Å². The zero-order chi connectivity index (χ0) is 17.8. The van der Waals surface area contributed by atoms with E-state index in [9.17, 15) is 5.11 Å². The van der Waals surface area contributed by atoms with Gasteiger partial charge < -0.3 is 15.2 Å². The summed E-state index contributed by atoms with van der Waals surface area (Å²) in [6, 6.07) is 8.72. The highest BCUT2D eigenvalue weighted by atomic mass is 16.5. The van der Waals surface area contributed by atoms with Gasteiger partial charge in [0.05, 0.1) is 29.8 Å². The second-order valence-corrected chi connectivity index (χ2v) is 5.51. The number of aromatic nitrogens is 4. The fourth-order valence-corrected chi connectivity index (χ4v) is 2.24. The third-order valence-corrected chi connectivity index (χ3v) is 3.24. The van der Waals surface area contributed by atoms with Crippen LogP contribution in [0.2, 0.25) is 0 Å². The fourth-order valence-electron chi connectivity index (χ4n) is 2.24. The van der Waals surface area contributed by atoms with Crippen LogP contribution in [0.15, 0.2) is 36.7 Å². The monoisotopic (exact) mass is 336 g/mol. The number of phenols is 1. The lowest BCUT2D eigenvalue weighted by atomic mass is 10.1. The van der Waals surface area contributed by atoms with E-state index in [1.165, 1.54) is 12.4 Å². The van der Waals surface area contributed by atoms with E-state index in [2.05, 4.69) is 25.5 Å². The molecule has 3 N–H and O–H groups in total. The first-order valence-corrected chi connectivity index (χ1v) is 7.60. The second-order valence-electron chi connectivity index (χ2n) is 5.51. The van der Waals surface area contributed by atoms with E-state index < -0.39 is 0 Å². The summed E-state index contributed by atoms with van der Waals surface area (Å²) in [6.45, 7) is 3.83. The van der Waals surface area contributed by atoms with Crippen LogP contribution in [0.5, 0.6) is 11.5 Å². The van der Waals surface area contributed by atoms with E-state index in [-0.39, 0.29) is 17.5 Å². The van der Waals surface area contributed by atoms with Crippen molar-refractivity contribution in [1.82, 2.24) is 20.2 Å². The number of ether oxygens (including phenoxy) is 1. The minimum atomic E-state index is -0.0324. The van der Waals surface area contributed by atoms with Gasteiger partial charge in [-0.2, -0.15) is 10.4 Å². The average Bonchev–Trinajstić information content (AvgIpc) is 3.03. The minimum Gasteiger partial charge on any atom is -0.507 e. The number of anilines is 2. The van der Waals surface area contributed by atoms with Gasteiger partial charge in [0.1, 0.15) is 23.4 Å². The third-order valence-electron chi connectivity index (χ3n) is 3.24. The fraction of sp³-hybridized carbons (Fsp3) is 0.176. The quantitative estimate of drug-likeness (QED) is 0.655. The Morgan fingerprint density at radius 2 is 2.08 bits per heavy atom. The van der Waals surface area contributed by atoms with E-state index in [0.29, 0.717) is 28.6 Å². The molecule has 2 aromatic heterocycles. The second kappa shape index (κ2) is 6.88. The maximum Gasteiger partial charge on any atom is 0.158 e. The first-order valence-electron chi connectivity index (χ1n) is 7.60. The Morgan fingerprint density at radius 1 is 1.24 bits per heavy atom. The van der Waals surface area contributed by atoms with Crippen LogP contribution in [0.25, 0.3) is 11.3 Å². The number of benzene rings is 1. The standard InChI is InChI=1S/C17H16N6O2/c1-10(2)25-14-5-3-4-13(24)17(14)12-6-15(23-22-12)21-16-9-19-11(7-18)8-20-16/h3-6,8-10,24H,1-2H3,(H2,20,21,22,23). The van der Waals surface area contributed by atoms with Gasteiger partial charge in [-0.05, 0) is 26.0 Å². The van der Waals surface area contributed by atoms with E-state index in [4.69, 9.17) is 10.00 Å². The Morgan fingerprint density at radius 3 is 2.76 bits per heavy atom. The van der Waals surface area contributed by atoms with Crippen molar-refractivity contribution in [3.63, 3.8) is 0 Å². The minimum absolute atomic E-state index is 0.0324. The summed E-state index contributed by atoms with van der Waals surface area (Å²) < 4.78 is 5.75. The predicted octanol–water partition coefficient (Wildman–Crippen LogP) is 2.97. The molecule has 0 unspecified atom stereocenters. The summed E-state index contributed by atoms with van der Waals surface area (Å²) in [5, 5.41) is 28.9. The number of aromatic hydroxyl groups is 1. The van der Waals surface area contributed by atoms with Crippen molar-refractivity contribution in [2.45, 2.75) is 20.0 Å². The molecule has 0 saturated carbocycles. The van der Waals surface area contributed by atoms with Crippen molar-refractivity contribution in [2.75, 3.05) is 5.32 Å². The van der Waals surface area contributed by atoms with Gasteiger partial charge in [-0.3, -0.25) is 5.10 Å². The van der Waals surface area contributed by atoms with Crippen molar-refractivity contribution in [3.8, 4) is 28.8 Å². The highest BCUT2D eigenvalue weighted by molar-refractivity contribution is 5.76. The van der Waals surface area contributed by atoms with Crippen LogP contribution in [-0.4, -0.2) is 31.4 Å². The van der Waals surface area contributed by atoms with Crippen molar-refractivity contribution >= 4 is 11.6 Å². The van der Waals surface area contributed by atoms with Gasteiger partial charge in [-0.25, -0.2) is 9.97 Å². The molecule has 0 spiro atoms. The largest absolute Gasteiger partial charge is 0.507 e. The number of hydrogen-bond donors (Lipinski definition) is 3. The molecule has 126 valence electrons. The van der Waals surface area contributed by atoms with Gasteiger partial charge in [0.25, 0.3) is 0 Å². The summed E-state index contributed by atoms with van der Waals surface area (Å²) >= 11 is 0. The molecule has 8 heteroatoms. The molecule has 0 atom stereocenters. The summed E-state index contributed by atoms with van der Waals surface area (Å²) in [5.74, 6) is 1.59. The number of nitrogens with zero attached hydrogens (tertiary/aromatic N) is 4. The van der Waals surface area contributed by atoms with E-state index in [0.717, 1.165) is 0 Å². The summed E-state index contributed by atoms with van der Waals surface area (Å²) in [6.07, 6.45) is 2.78. The SMILES string of the molecule is CC(C)Oc1cccc(O)c1-c1cc(Nc2cnc(C#N)cn2)n[nH]1. The van der Waals surface area contributed by atoms with Crippen molar-refractivity contribution < 1.29 is 9.84 Å². The zero-order valence-electron chi connectivity index (χ0n) is 13.7. The van der Waals surface area contributed by atoms with Gasteiger partial charge in [-0.1, -0.05) is 6.07 Å². The van der Waals surface area contributed by atoms with Crippen molar-refractivity contribution in [1.29, 1.82) is 5.26 Å². The number of H-pyrrole nitrogens is 1. The Labute approximate surface area is 144 Å². The van der Waals surface area contributed by atoms with E-state index in [1.54, 1.807) is 24.3 Å². The molecule has 8 nitrogen and oxygen atoms in total. The zero-order valence-corrected chi connectivity index (χ0v) is 13.7. The lowest BCUT2D eigenvalue weighted by Crippen LogP contribution is -2.06. The molecule has 3 aromatic rings. The Bertz CT molecular complexity index is 912. The van der Waals surface area contributed by atoms with Gasteiger partial charge in [0.2, 0.25) is 0 Å². The maximum atomic E-state index is 10.2. The smallest absolute Gasteiger partial charge is 0.158 e. The molecule has 0 amide bonds. The number of aromatic amines is 1. The average molecular weight is 336 g/mol. The molecule has 0 aliphatic carbocycles. The lowest BCUT2D eigenvalue weighted by molar-refractivity contribution is 0.242. The Hall–Kier alpha value is -3.60. The lowest BCUT2D eigenvalue weighted by Gasteiger charge is -2.14. The highest BCUT2D eigenvalue weighted by Crippen LogP contribution is 2.38. The van der Waals surface area contributed by atoms with Gasteiger partial charge >= 0.3 is 0 Å². The van der Waals surface area contributed by atoms with Crippen LogP contribution in [-0.2, 0) is 0 Å². The molecule has 0 radical (unpaired) electrons. The molecule has 0 aliphatic heterocycles. The normalized spacial score (nSPS) is 10.5. The summed E-state index contributed by atoms with van der Waals surface area (Å²) in [7, 11) is 0. The van der Waals surface area contributed by atoms with Crippen LogP contribution in [0.1, 0.15) is 19.5 Å². The summed E-state index contributed by atoms with van der Waals surface area (Å²) in [4.78, 5) is 8.01. The molecule has 1 aromatic carbocycles. The topological polar surface area (TPSA) is 120 Å². The maximum absolute atomic E-state index is 10.2. The molecule has 2 heterocycles. The molecule has 3 rings (SSSR count). The van der Waals surface area contributed by atoms with Crippen LogP contribution < -0.4 is 10.1 Å². The van der Waals surface area contributed by atoms with Crippen LogP contribution in [0.3, 0.4) is 0 Å². The highest BCUT2D eigenvalue weighted by Gasteiger charge is 2.15. The summed E-state index contributed by atoms with van der Waals surface area (Å²) in [5.41, 5.74) is 1.36. The van der Waals surface area contributed by atoms with Gasteiger partial charge in [-0.15, -0.1) is 0 Å². The van der Waals surface area contributed by atoms with Crippen LogP contribution in [0.4, 0.5) is 11.6 Å². The van der Waals surface area contributed by atoms with Crippen molar-refractivity contribution in [3.05, 3.63) is 42.4 Å². The number of rotatable bonds is 5. The Balaban J connectivity index is 1.87. The van der Waals surface area contributed by atoms with Crippen LogP contribution >= 0.6 is 0 Å². The molecular formula is C17H16N6O2. The first kappa shape index (κ1) is 16.3. The molecule has 0 bridgehead atoms. The van der Waals surface area contributed by atoms with Crippen LogP contribution in [0, 0.1) is 11.3 Å². The molecule has 0 fully saturated rings. The molecule has 0 aliphatic rings. The molecular weight excluding hydrogens is 320 g/mol. The number of nitriles is 1. The predicted molar refractivity (Wildman–Crippen MR) is 91.5 cm³/mol. The van der Waals surface area contributed by atoms with E-state index >= 15 is 0 Å². The van der Waals surface area contributed by atoms with Gasteiger partial charge in [0, 0.05) is 6.07 Å². The van der Waals surface area contributed by atoms with Gasteiger partial charge in [0.15, 0.2) is 11.5 Å². The first-order chi connectivity index (χ1) is 12.1. The number of nitrogens with one attached hydrogen (secondary N) is 2. The third kappa shape index (κ3) is 3.67. The number of hydrogen-bond acceptors (Lipinski definition) is 7. The molecule has 25 heavy (non-hydrogen) atoms.